The Morgan fingerprint density at radius 2 is 1.68 bits per heavy atom. The van der Waals surface area contributed by atoms with Gasteiger partial charge in [-0.15, -0.1) is 0 Å². The number of hydrogen-bond acceptors (Lipinski definition) is 5. The molecule has 0 atom stereocenters. The number of hydrogen-bond donors (Lipinski definition) is 3. The second-order valence-electron chi connectivity index (χ2n) is 4.32. The minimum atomic E-state index is -4.59. The second-order valence-corrected chi connectivity index (χ2v) is 7.14. The van der Waals surface area contributed by atoms with Crippen LogP contribution >= 0.6 is 0 Å². The molecule has 3 N–H and O–H groups in total. The summed E-state index contributed by atoms with van der Waals surface area (Å²) in [4.78, 5) is 9.99. The van der Waals surface area contributed by atoms with Gasteiger partial charge in [0.25, 0.3) is 20.2 Å². The molecule has 0 bridgehead atoms. The van der Waals surface area contributed by atoms with E-state index in [4.69, 9.17) is 9.11 Å². The van der Waals surface area contributed by atoms with Gasteiger partial charge in [-0.1, -0.05) is 0 Å². The van der Waals surface area contributed by atoms with Crippen molar-refractivity contribution in [3.05, 3.63) is 30.3 Å². The van der Waals surface area contributed by atoms with Gasteiger partial charge in [-0.3, -0.25) is 13.9 Å². The number of fused-ring (bicyclic) bond motifs is 1. The number of anilines is 1. The van der Waals surface area contributed by atoms with E-state index in [2.05, 4.69) is 17.4 Å². The fourth-order valence-electron chi connectivity index (χ4n) is 1.77. The van der Waals surface area contributed by atoms with E-state index in [1.165, 1.54) is 6.92 Å². The van der Waals surface area contributed by atoms with Crippen LogP contribution in [0, 0.1) is 12.1 Å². The molecule has 0 spiro atoms. The zero-order chi connectivity index (χ0) is 16.7. The molecule has 0 fully saturated rings. The van der Waals surface area contributed by atoms with Gasteiger partial charge in [0.2, 0.25) is 5.91 Å². The summed E-state index contributed by atoms with van der Waals surface area (Å²) in [7, 11) is -9.15. The maximum absolute atomic E-state index is 11.3. The summed E-state index contributed by atoms with van der Waals surface area (Å²) in [6.07, 6.45) is 0. The van der Waals surface area contributed by atoms with Crippen LogP contribution in [-0.4, -0.2) is 31.8 Å². The van der Waals surface area contributed by atoms with E-state index >= 15 is 0 Å². The van der Waals surface area contributed by atoms with Crippen LogP contribution in [0.25, 0.3) is 10.8 Å². The van der Waals surface area contributed by atoms with Crippen LogP contribution in [0.4, 0.5) is 5.69 Å². The van der Waals surface area contributed by atoms with Crippen LogP contribution in [0.2, 0.25) is 0 Å². The maximum atomic E-state index is 11.3. The summed E-state index contributed by atoms with van der Waals surface area (Å²) in [5.41, 5.74) is -0.00392. The highest BCUT2D eigenvalue weighted by Gasteiger charge is 2.17. The van der Waals surface area contributed by atoms with Gasteiger partial charge in [0, 0.05) is 24.4 Å². The average Bonchev–Trinajstić information content (AvgIpc) is 2.35. The van der Waals surface area contributed by atoms with Crippen molar-refractivity contribution < 1.29 is 30.7 Å². The van der Waals surface area contributed by atoms with E-state index in [0.717, 1.165) is 18.2 Å². The molecule has 2 radical (unpaired) electrons. The van der Waals surface area contributed by atoms with Crippen LogP contribution in [-0.2, 0) is 25.0 Å². The number of benzene rings is 2. The van der Waals surface area contributed by atoms with E-state index in [1.54, 1.807) is 0 Å². The third-order valence-electron chi connectivity index (χ3n) is 2.63. The molecule has 2 aromatic carbocycles. The van der Waals surface area contributed by atoms with Crippen molar-refractivity contribution >= 4 is 42.6 Å². The summed E-state index contributed by atoms with van der Waals surface area (Å²) in [5, 5.41) is 2.52. The summed E-state index contributed by atoms with van der Waals surface area (Å²) >= 11 is 0. The Morgan fingerprint density at radius 1 is 1.05 bits per heavy atom. The molecule has 8 nitrogen and oxygen atoms in total. The predicted molar refractivity (Wildman–Crippen MR) is 75.6 cm³/mol. The molecule has 0 unspecified atom stereocenters. The minimum Gasteiger partial charge on any atom is -0.326 e. The Morgan fingerprint density at radius 3 is 2.18 bits per heavy atom. The standard InChI is InChI=1S/C12H9NO7S2/c1-7(14)13-12-6-10(22(18,19)20)5-8-4-9(21(15,16)17)2-3-11(8)12/h4-6H,1H3,(H,13,14)(H,15,16,17)(H,18,19,20). The molecule has 1 amide bonds. The van der Waals surface area contributed by atoms with E-state index in [1.807, 2.05) is 0 Å². The Hall–Kier alpha value is -2.01. The largest absolute Gasteiger partial charge is 0.326 e. The lowest BCUT2D eigenvalue weighted by Gasteiger charge is -2.10. The van der Waals surface area contributed by atoms with Crippen molar-refractivity contribution in [1.29, 1.82) is 0 Å². The van der Waals surface area contributed by atoms with E-state index in [-0.39, 0.29) is 16.5 Å². The molecule has 116 valence electrons. The van der Waals surface area contributed by atoms with Gasteiger partial charge in [-0.25, -0.2) is 0 Å². The lowest BCUT2D eigenvalue weighted by atomic mass is 10.1. The molecule has 0 saturated heterocycles. The molecule has 0 aromatic heterocycles. The molecule has 0 heterocycles. The van der Waals surface area contributed by atoms with Gasteiger partial charge in [-0.2, -0.15) is 16.8 Å². The van der Waals surface area contributed by atoms with Gasteiger partial charge in [0.15, 0.2) is 0 Å². The minimum absolute atomic E-state index is 0.00392. The van der Waals surface area contributed by atoms with Gasteiger partial charge < -0.3 is 5.32 Å². The maximum Gasteiger partial charge on any atom is 0.295 e. The van der Waals surface area contributed by atoms with Gasteiger partial charge >= 0.3 is 0 Å². The lowest BCUT2D eigenvalue weighted by Crippen LogP contribution is -2.08. The Kier molecular flexibility index (Phi) is 3.96. The van der Waals surface area contributed by atoms with Crippen LogP contribution in [0.15, 0.2) is 28.0 Å². The Bertz CT molecular complexity index is 973. The first-order valence-corrected chi connectivity index (χ1v) is 8.51. The fourth-order valence-corrected chi connectivity index (χ4v) is 2.77. The summed E-state index contributed by atoms with van der Waals surface area (Å²) < 4.78 is 62.8. The first kappa shape index (κ1) is 16.4. The number of nitrogens with one attached hydrogen (secondary N) is 1. The molecule has 22 heavy (non-hydrogen) atoms. The second kappa shape index (κ2) is 5.32. The van der Waals surface area contributed by atoms with Crippen molar-refractivity contribution in [2.75, 3.05) is 5.32 Å². The van der Waals surface area contributed by atoms with E-state index in [0.29, 0.717) is 0 Å². The zero-order valence-electron chi connectivity index (χ0n) is 11.0. The van der Waals surface area contributed by atoms with E-state index < -0.39 is 35.9 Å². The highest BCUT2D eigenvalue weighted by atomic mass is 32.2. The molecule has 2 rings (SSSR count). The third-order valence-corrected chi connectivity index (χ3v) is 4.23. The number of carbonyl (C=O) groups is 1. The van der Waals surface area contributed by atoms with Crippen LogP contribution in [0.1, 0.15) is 6.92 Å². The smallest absolute Gasteiger partial charge is 0.295 e. The van der Waals surface area contributed by atoms with Crippen molar-refractivity contribution in [2.24, 2.45) is 0 Å². The molecule has 0 aliphatic heterocycles. The fraction of sp³-hybridized carbons (Fsp3) is 0.0833. The van der Waals surface area contributed by atoms with Crippen molar-refractivity contribution in [3.63, 3.8) is 0 Å². The third kappa shape index (κ3) is 3.42. The van der Waals surface area contributed by atoms with Gasteiger partial charge in [0.1, 0.15) is 4.90 Å². The monoisotopic (exact) mass is 343 g/mol. The van der Waals surface area contributed by atoms with Crippen molar-refractivity contribution in [1.82, 2.24) is 0 Å². The molecular weight excluding hydrogens is 334 g/mol. The van der Waals surface area contributed by atoms with Crippen LogP contribution in [0.5, 0.6) is 0 Å². The molecular formula is C12H9NO7S2. The Labute approximate surface area is 126 Å². The molecule has 0 saturated carbocycles. The van der Waals surface area contributed by atoms with E-state index in [9.17, 15) is 21.6 Å². The summed E-state index contributed by atoms with van der Waals surface area (Å²) in [6, 6.07) is 7.54. The summed E-state index contributed by atoms with van der Waals surface area (Å²) in [5.74, 6) is -0.513. The highest BCUT2D eigenvalue weighted by Crippen LogP contribution is 2.29. The van der Waals surface area contributed by atoms with Crippen molar-refractivity contribution in [3.8, 4) is 0 Å². The molecule has 0 aliphatic rings. The SMILES string of the molecule is CC(=O)Nc1cc(S(=O)(=O)O)cc2cc(S(=O)(=O)O)[c][c]c12. The first-order chi connectivity index (χ1) is 9.98. The number of amides is 1. The molecule has 10 heteroatoms. The topological polar surface area (TPSA) is 138 Å². The highest BCUT2D eigenvalue weighted by molar-refractivity contribution is 7.86. The molecule has 0 aliphatic carbocycles. The van der Waals surface area contributed by atoms with Crippen LogP contribution < -0.4 is 5.32 Å². The van der Waals surface area contributed by atoms with Crippen molar-refractivity contribution in [2.45, 2.75) is 16.7 Å². The quantitative estimate of drug-likeness (QED) is 0.704. The number of carbonyl (C=O) groups excluding carboxylic acids is 1. The molecule has 2 aromatic rings. The zero-order valence-corrected chi connectivity index (χ0v) is 12.6. The predicted octanol–water partition coefficient (Wildman–Crippen LogP) is 0.892. The Balaban J connectivity index is 2.85. The number of rotatable bonds is 3. The normalized spacial score (nSPS) is 12.3. The van der Waals surface area contributed by atoms with Gasteiger partial charge in [-0.05, 0) is 23.6 Å². The average molecular weight is 343 g/mol. The van der Waals surface area contributed by atoms with Gasteiger partial charge in [0.05, 0.1) is 10.6 Å². The lowest BCUT2D eigenvalue weighted by molar-refractivity contribution is -0.114. The first-order valence-electron chi connectivity index (χ1n) is 5.63. The summed E-state index contributed by atoms with van der Waals surface area (Å²) in [6.45, 7) is 1.18. The van der Waals surface area contributed by atoms with Crippen LogP contribution in [0.3, 0.4) is 0 Å².